The van der Waals surface area contributed by atoms with Crippen molar-refractivity contribution in [3.8, 4) is 11.1 Å². The van der Waals surface area contributed by atoms with Crippen LogP contribution in [0.15, 0.2) is 90.8 Å². The molecule has 1 atom stereocenters. The first kappa shape index (κ1) is 25.5. The van der Waals surface area contributed by atoms with Crippen molar-refractivity contribution in [2.45, 2.75) is 25.3 Å². The van der Waals surface area contributed by atoms with Gasteiger partial charge in [0.25, 0.3) is 0 Å². The second-order valence-electron chi connectivity index (χ2n) is 9.42. The Balaban J connectivity index is 1.79. The molecule has 5 aromatic rings. The number of nitrogens with zero attached hydrogens (tertiary/aromatic N) is 6. The van der Waals surface area contributed by atoms with Gasteiger partial charge in [0.15, 0.2) is 5.54 Å². The van der Waals surface area contributed by atoms with Crippen LogP contribution in [0.3, 0.4) is 0 Å². The molecule has 38 heavy (non-hydrogen) atoms. The number of rotatable bonds is 9. The summed E-state index contributed by atoms with van der Waals surface area (Å²) in [6, 6.07) is 19.4. The Morgan fingerprint density at radius 2 is 1.79 bits per heavy atom. The summed E-state index contributed by atoms with van der Waals surface area (Å²) < 4.78 is 1.81. The van der Waals surface area contributed by atoms with Crippen molar-refractivity contribution in [1.82, 2.24) is 19.5 Å². The molecule has 0 fully saturated rings. The molecule has 3 heterocycles. The van der Waals surface area contributed by atoms with Crippen molar-refractivity contribution in [1.29, 1.82) is 0 Å². The summed E-state index contributed by atoms with van der Waals surface area (Å²) in [4.78, 5) is 28.5. The first-order chi connectivity index (χ1) is 18.5. The summed E-state index contributed by atoms with van der Waals surface area (Å²) in [5, 5.41) is 5.08. The lowest BCUT2D eigenvalue weighted by Gasteiger charge is -2.28. The molecule has 3 aromatic heterocycles. The number of anilines is 1. The van der Waals surface area contributed by atoms with E-state index in [4.69, 9.17) is 16.6 Å². The van der Waals surface area contributed by atoms with Gasteiger partial charge >= 0.3 is 0 Å². The van der Waals surface area contributed by atoms with Crippen LogP contribution in [-0.4, -0.2) is 33.1 Å². The number of pyridine rings is 2. The highest BCUT2D eigenvalue weighted by Crippen LogP contribution is 2.44. The Labute approximate surface area is 227 Å². The Kier molecular flexibility index (Phi) is 7.20. The molecule has 192 valence electrons. The Morgan fingerprint density at radius 3 is 2.45 bits per heavy atom. The van der Waals surface area contributed by atoms with Crippen LogP contribution in [0.5, 0.6) is 0 Å². The van der Waals surface area contributed by atoms with Crippen molar-refractivity contribution in [3.63, 3.8) is 0 Å². The van der Waals surface area contributed by atoms with E-state index in [1.807, 2.05) is 67.2 Å². The second kappa shape index (κ2) is 10.7. The van der Waals surface area contributed by atoms with E-state index in [1.54, 1.807) is 37.1 Å². The maximum atomic E-state index is 12.9. The molecule has 8 heteroatoms. The fourth-order valence-electron chi connectivity index (χ4n) is 4.99. The number of aryl methyl sites for hydroxylation is 1. The molecule has 0 N–H and O–H groups in total. The van der Waals surface area contributed by atoms with E-state index in [9.17, 15) is 4.91 Å². The highest BCUT2D eigenvalue weighted by atomic mass is 35.5. The minimum atomic E-state index is -1.35. The third-order valence-electron chi connectivity index (χ3n) is 7.01. The predicted octanol–water partition coefficient (Wildman–Crippen LogP) is 6.98. The molecule has 7 nitrogen and oxygen atoms in total. The smallest absolute Gasteiger partial charge is 0.194 e. The molecule has 2 aromatic carbocycles. The van der Waals surface area contributed by atoms with Crippen molar-refractivity contribution < 1.29 is 0 Å². The van der Waals surface area contributed by atoms with Crippen LogP contribution in [0.4, 0.5) is 5.82 Å². The fraction of sp³-hybridized carbons (Fsp3) is 0.233. The van der Waals surface area contributed by atoms with E-state index in [0.29, 0.717) is 21.8 Å². The van der Waals surface area contributed by atoms with Crippen molar-refractivity contribution in [3.05, 3.63) is 112 Å². The molecule has 0 aliphatic heterocycles. The first-order valence-corrected chi connectivity index (χ1v) is 13.0. The van der Waals surface area contributed by atoms with Crippen LogP contribution in [0.2, 0.25) is 5.02 Å². The van der Waals surface area contributed by atoms with Gasteiger partial charge in [0.1, 0.15) is 5.82 Å². The van der Waals surface area contributed by atoms with Crippen LogP contribution in [0.25, 0.3) is 22.0 Å². The third kappa shape index (κ3) is 4.33. The Bertz CT molecular complexity index is 1570. The van der Waals surface area contributed by atoms with Crippen molar-refractivity contribution in [2.75, 3.05) is 18.5 Å². The summed E-state index contributed by atoms with van der Waals surface area (Å²) in [5.41, 5.74) is 3.24. The molecule has 0 bridgehead atoms. The van der Waals surface area contributed by atoms with Gasteiger partial charge < -0.3 is 9.47 Å². The van der Waals surface area contributed by atoms with Crippen LogP contribution in [0.1, 0.15) is 36.6 Å². The van der Waals surface area contributed by atoms with E-state index in [2.05, 4.69) is 27.0 Å². The monoisotopic (exact) mass is 524 g/mol. The lowest BCUT2D eigenvalue weighted by atomic mass is 9.80. The molecule has 0 aliphatic rings. The van der Waals surface area contributed by atoms with E-state index < -0.39 is 5.54 Å². The van der Waals surface area contributed by atoms with Gasteiger partial charge in [-0.05, 0) is 52.6 Å². The summed E-state index contributed by atoms with van der Waals surface area (Å²) in [5.74, 6) is 0.829. The quantitative estimate of drug-likeness (QED) is 0.194. The molecule has 1 unspecified atom stereocenters. The van der Waals surface area contributed by atoms with Gasteiger partial charge in [0.2, 0.25) is 0 Å². The maximum Gasteiger partial charge on any atom is 0.194 e. The van der Waals surface area contributed by atoms with Gasteiger partial charge in [0, 0.05) is 44.0 Å². The van der Waals surface area contributed by atoms with Gasteiger partial charge in [-0.3, -0.25) is 4.98 Å². The lowest BCUT2D eigenvalue weighted by molar-refractivity contribution is 0.594. The number of aromatic nitrogens is 4. The zero-order valence-corrected chi connectivity index (χ0v) is 22.4. The number of hydrogen-bond donors (Lipinski definition) is 0. The highest BCUT2D eigenvalue weighted by molar-refractivity contribution is 6.38. The van der Waals surface area contributed by atoms with E-state index in [1.165, 1.54) is 0 Å². The molecular formula is C30H29ClN6O. The number of fused-ring (bicyclic) bond motifs is 1. The van der Waals surface area contributed by atoms with Gasteiger partial charge in [-0.15, -0.1) is 4.91 Å². The van der Waals surface area contributed by atoms with E-state index in [-0.39, 0.29) is 0 Å². The zero-order valence-electron chi connectivity index (χ0n) is 21.7. The van der Waals surface area contributed by atoms with Crippen LogP contribution in [0, 0.1) is 4.91 Å². The molecule has 0 amide bonds. The van der Waals surface area contributed by atoms with Crippen LogP contribution >= 0.6 is 11.6 Å². The predicted molar refractivity (Wildman–Crippen MR) is 153 cm³/mol. The average Bonchev–Trinajstić information content (AvgIpc) is 3.39. The summed E-state index contributed by atoms with van der Waals surface area (Å²) >= 11 is 7.22. The van der Waals surface area contributed by atoms with Gasteiger partial charge in [-0.1, -0.05) is 61.3 Å². The molecular weight excluding hydrogens is 496 g/mol. The molecule has 5 rings (SSSR count). The number of imidazole rings is 1. The number of hydrogen-bond acceptors (Lipinski definition) is 6. The molecule has 0 radical (unpaired) electrons. The summed E-state index contributed by atoms with van der Waals surface area (Å²) in [6.45, 7) is 3.04. The van der Waals surface area contributed by atoms with Crippen LogP contribution in [-0.2, 0) is 12.6 Å². The molecule has 0 saturated heterocycles. The van der Waals surface area contributed by atoms with Crippen molar-refractivity contribution in [2.24, 2.45) is 12.2 Å². The summed E-state index contributed by atoms with van der Waals surface area (Å²) in [7, 11) is 3.90. The van der Waals surface area contributed by atoms with E-state index in [0.717, 1.165) is 47.2 Å². The Hall–Kier alpha value is -4.10. The second-order valence-corrected chi connectivity index (χ2v) is 9.80. The minimum absolute atomic E-state index is 0.584. The first-order valence-electron chi connectivity index (χ1n) is 12.6. The van der Waals surface area contributed by atoms with Gasteiger partial charge in [-0.2, -0.15) is 0 Å². The topological polar surface area (TPSA) is 76.3 Å². The lowest BCUT2D eigenvalue weighted by Crippen LogP contribution is -2.29. The zero-order chi connectivity index (χ0) is 26.7. The van der Waals surface area contributed by atoms with Crippen molar-refractivity contribution >= 4 is 28.3 Å². The average molecular weight is 525 g/mol. The number of halogens is 1. The third-order valence-corrected chi connectivity index (χ3v) is 7.41. The molecule has 0 saturated carbocycles. The Morgan fingerprint density at radius 1 is 1.03 bits per heavy atom. The number of unbranched alkanes of at least 4 members (excludes halogenated alkanes) is 1. The molecule has 0 spiro atoms. The van der Waals surface area contributed by atoms with Crippen LogP contribution < -0.4 is 4.90 Å². The fourth-order valence-corrected chi connectivity index (χ4v) is 5.33. The number of nitroso groups, excluding NO2 is 1. The normalized spacial score (nSPS) is 12.8. The van der Waals surface area contributed by atoms with E-state index >= 15 is 0 Å². The minimum Gasteiger partial charge on any atom is -0.359 e. The molecule has 0 aliphatic carbocycles. The summed E-state index contributed by atoms with van der Waals surface area (Å²) in [6.07, 6.45) is 8.79. The highest BCUT2D eigenvalue weighted by Gasteiger charge is 2.41. The maximum absolute atomic E-state index is 12.9. The largest absolute Gasteiger partial charge is 0.359 e. The standard InChI is InChI=1S/C30H29ClN6O/c1-4-5-17-36(2)29-27(21-9-7-6-8-10-21)28(31)24-18-23(11-12-25(24)34-29)30(35-38,22-13-15-32-16-14-22)26-19-33-20-37(26)3/h6-16,18-20H,4-5,17H2,1-3H3. The SMILES string of the molecule is CCCCN(C)c1nc2ccc(C(N=O)(c3ccncc3)c3cncn3C)cc2c(Cl)c1-c1ccccc1. The van der Waals surface area contributed by atoms with Gasteiger partial charge in [0.05, 0.1) is 28.8 Å². The number of benzene rings is 2. The van der Waals surface area contributed by atoms with Gasteiger partial charge in [-0.25, -0.2) is 9.97 Å².